The van der Waals surface area contributed by atoms with Gasteiger partial charge < -0.3 is 10.2 Å². The number of hydrogen-bond acceptors (Lipinski definition) is 4. The van der Waals surface area contributed by atoms with Crippen LogP contribution in [0.25, 0.3) is 0 Å². The lowest BCUT2D eigenvalue weighted by Crippen LogP contribution is -2.35. The summed E-state index contributed by atoms with van der Waals surface area (Å²) in [4.78, 5) is 25.7. The van der Waals surface area contributed by atoms with Crippen molar-refractivity contribution in [3.05, 3.63) is 58.6 Å². The van der Waals surface area contributed by atoms with Crippen LogP contribution < -0.4 is 10.0 Å². The minimum Gasteiger partial charge on any atom is -0.332 e. The van der Waals surface area contributed by atoms with E-state index >= 15 is 0 Å². The second-order valence-corrected chi connectivity index (χ2v) is 9.32. The largest absolute Gasteiger partial charge is 0.417 e. The van der Waals surface area contributed by atoms with E-state index in [0.717, 1.165) is 11.0 Å². The average molecular weight is 492 g/mol. The van der Waals surface area contributed by atoms with Crippen LogP contribution in [0.2, 0.25) is 5.02 Å². The van der Waals surface area contributed by atoms with Crippen molar-refractivity contribution in [2.45, 2.75) is 31.0 Å². The first-order valence-corrected chi connectivity index (χ1v) is 11.1. The maximum absolute atomic E-state index is 12.9. The highest BCUT2D eigenvalue weighted by molar-refractivity contribution is 7.89. The standard InChI is InChI=1S/C20H21ClF3N3O4S/c1-12(2)26-32(30,31)15-7-4-13(5-8-15)19(29)27(3)11-18(28)25-14-6-9-17(21)16(10-14)20(22,23)24/h4-10,12,26H,11H2,1-3H3,(H,25,28). The molecular formula is C20H21ClF3N3O4S. The summed E-state index contributed by atoms with van der Waals surface area (Å²) in [6.45, 7) is 2.89. The van der Waals surface area contributed by atoms with Gasteiger partial charge in [-0.1, -0.05) is 11.6 Å². The number of nitrogens with zero attached hydrogens (tertiary/aromatic N) is 1. The molecule has 2 aromatic rings. The lowest BCUT2D eigenvalue weighted by atomic mass is 10.2. The molecule has 0 atom stereocenters. The third kappa shape index (κ3) is 6.68. The first kappa shape index (κ1) is 25.6. The molecule has 0 saturated heterocycles. The van der Waals surface area contributed by atoms with Crippen molar-refractivity contribution in [1.29, 1.82) is 0 Å². The number of alkyl halides is 3. The number of nitrogens with one attached hydrogen (secondary N) is 2. The van der Waals surface area contributed by atoms with Crippen LogP contribution in [0.3, 0.4) is 0 Å². The lowest BCUT2D eigenvalue weighted by molar-refractivity contribution is -0.137. The number of amides is 2. The molecule has 0 radical (unpaired) electrons. The molecule has 0 bridgehead atoms. The number of carbonyl (C=O) groups is 2. The Bertz CT molecular complexity index is 1100. The van der Waals surface area contributed by atoms with Crippen LogP contribution in [0.15, 0.2) is 47.4 Å². The number of anilines is 1. The zero-order valence-corrected chi connectivity index (χ0v) is 18.9. The Kier molecular flexibility index (Phi) is 7.92. The summed E-state index contributed by atoms with van der Waals surface area (Å²) >= 11 is 5.55. The van der Waals surface area contributed by atoms with Gasteiger partial charge in [-0.2, -0.15) is 13.2 Å². The van der Waals surface area contributed by atoms with Gasteiger partial charge in [0.15, 0.2) is 0 Å². The van der Waals surface area contributed by atoms with Crippen molar-refractivity contribution in [2.24, 2.45) is 0 Å². The smallest absolute Gasteiger partial charge is 0.332 e. The molecule has 0 aromatic heterocycles. The van der Waals surface area contributed by atoms with Gasteiger partial charge in [0.05, 0.1) is 22.0 Å². The maximum atomic E-state index is 12.9. The number of carbonyl (C=O) groups excluding carboxylic acids is 2. The molecule has 12 heteroatoms. The molecule has 0 aliphatic carbocycles. The average Bonchev–Trinajstić information content (AvgIpc) is 2.67. The summed E-state index contributed by atoms with van der Waals surface area (Å²) in [5.74, 6) is -1.30. The number of sulfonamides is 1. The van der Waals surface area contributed by atoms with E-state index in [9.17, 15) is 31.2 Å². The minimum atomic E-state index is -4.69. The van der Waals surface area contributed by atoms with Crippen LogP contribution >= 0.6 is 11.6 Å². The number of hydrogen-bond donors (Lipinski definition) is 2. The van der Waals surface area contributed by atoms with Crippen LogP contribution in [-0.4, -0.2) is 44.8 Å². The topological polar surface area (TPSA) is 95.6 Å². The van der Waals surface area contributed by atoms with Gasteiger partial charge in [0.1, 0.15) is 0 Å². The van der Waals surface area contributed by atoms with E-state index < -0.39 is 45.1 Å². The highest BCUT2D eigenvalue weighted by Crippen LogP contribution is 2.36. The number of rotatable bonds is 7. The van der Waals surface area contributed by atoms with E-state index in [2.05, 4.69) is 10.0 Å². The second kappa shape index (κ2) is 9.88. The quantitative estimate of drug-likeness (QED) is 0.616. The predicted octanol–water partition coefficient (Wildman–Crippen LogP) is 3.76. The number of likely N-dealkylation sites (N-methyl/N-ethyl adjacent to an activating group) is 1. The van der Waals surface area contributed by atoms with Crippen LogP contribution in [-0.2, 0) is 21.0 Å². The van der Waals surface area contributed by atoms with Crippen LogP contribution in [0.4, 0.5) is 18.9 Å². The Hall–Kier alpha value is -2.63. The van der Waals surface area contributed by atoms with Gasteiger partial charge in [-0.3, -0.25) is 9.59 Å². The van der Waals surface area contributed by atoms with Crippen LogP contribution in [0, 0.1) is 0 Å². The van der Waals surface area contributed by atoms with Gasteiger partial charge in [-0.15, -0.1) is 0 Å². The van der Waals surface area contributed by atoms with Crippen LogP contribution in [0.1, 0.15) is 29.8 Å². The molecule has 32 heavy (non-hydrogen) atoms. The molecule has 0 heterocycles. The Morgan fingerprint density at radius 2 is 1.69 bits per heavy atom. The molecule has 7 nitrogen and oxygen atoms in total. The summed E-state index contributed by atoms with van der Waals surface area (Å²) in [7, 11) is -2.39. The zero-order valence-electron chi connectivity index (χ0n) is 17.3. The molecule has 2 aromatic carbocycles. The third-order valence-corrected chi connectivity index (χ3v) is 6.09. The van der Waals surface area contributed by atoms with Crippen molar-refractivity contribution >= 4 is 39.1 Å². The van der Waals surface area contributed by atoms with Gasteiger partial charge in [0.25, 0.3) is 5.91 Å². The van der Waals surface area contributed by atoms with Crippen molar-refractivity contribution in [3.63, 3.8) is 0 Å². The third-order valence-electron chi connectivity index (χ3n) is 4.09. The molecule has 2 rings (SSSR count). The molecular weight excluding hydrogens is 471 g/mol. The van der Waals surface area contributed by atoms with E-state index in [0.29, 0.717) is 6.07 Å². The van der Waals surface area contributed by atoms with E-state index in [1.54, 1.807) is 13.8 Å². The summed E-state index contributed by atoms with van der Waals surface area (Å²) < 4.78 is 65.5. The molecule has 0 spiro atoms. The molecule has 2 amide bonds. The van der Waals surface area contributed by atoms with Gasteiger partial charge in [0.2, 0.25) is 15.9 Å². The summed E-state index contributed by atoms with van der Waals surface area (Å²) in [5, 5.41) is 1.78. The predicted molar refractivity (Wildman–Crippen MR) is 114 cm³/mol. The molecule has 0 aliphatic heterocycles. The molecule has 0 fully saturated rings. The fourth-order valence-electron chi connectivity index (χ4n) is 2.68. The van der Waals surface area contributed by atoms with Gasteiger partial charge in [-0.05, 0) is 56.3 Å². The lowest BCUT2D eigenvalue weighted by Gasteiger charge is -2.18. The normalized spacial score (nSPS) is 12.0. The van der Waals surface area contributed by atoms with Gasteiger partial charge in [0, 0.05) is 24.3 Å². The fourth-order valence-corrected chi connectivity index (χ4v) is 4.16. The summed E-state index contributed by atoms with van der Waals surface area (Å²) in [6, 6.07) is 7.75. The van der Waals surface area contributed by atoms with Crippen LogP contribution in [0.5, 0.6) is 0 Å². The monoisotopic (exact) mass is 491 g/mol. The highest BCUT2D eigenvalue weighted by Gasteiger charge is 2.33. The van der Waals surface area contributed by atoms with Crippen molar-refractivity contribution in [2.75, 3.05) is 18.9 Å². The van der Waals surface area contributed by atoms with Gasteiger partial charge >= 0.3 is 6.18 Å². The Balaban J connectivity index is 2.06. The molecule has 0 saturated carbocycles. The Morgan fingerprint density at radius 3 is 2.22 bits per heavy atom. The number of benzene rings is 2. The zero-order chi connectivity index (χ0) is 24.3. The Morgan fingerprint density at radius 1 is 1.09 bits per heavy atom. The first-order valence-electron chi connectivity index (χ1n) is 9.25. The second-order valence-electron chi connectivity index (χ2n) is 7.20. The molecule has 174 valence electrons. The molecule has 0 aliphatic rings. The maximum Gasteiger partial charge on any atom is 0.417 e. The molecule has 0 unspecified atom stereocenters. The van der Waals surface area contributed by atoms with E-state index in [4.69, 9.17) is 11.6 Å². The SMILES string of the molecule is CC(C)NS(=O)(=O)c1ccc(C(=O)N(C)CC(=O)Nc2ccc(Cl)c(C(F)(F)F)c2)cc1. The van der Waals surface area contributed by atoms with E-state index in [1.165, 1.54) is 37.4 Å². The van der Waals surface area contributed by atoms with Crippen molar-refractivity contribution < 1.29 is 31.2 Å². The Labute approximate surface area is 188 Å². The fraction of sp³-hybridized carbons (Fsp3) is 0.300. The highest BCUT2D eigenvalue weighted by atomic mass is 35.5. The number of halogens is 4. The van der Waals surface area contributed by atoms with Gasteiger partial charge in [-0.25, -0.2) is 13.1 Å². The molecule has 2 N–H and O–H groups in total. The summed E-state index contributed by atoms with van der Waals surface area (Å²) in [6.07, 6.45) is -4.69. The minimum absolute atomic E-state index is 0.0219. The van der Waals surface area contributed by atoms with E-state index in [-0.39, 0.29) is 22.2 Å². The van der Waals surface area contributed by atoms with E-state index in [1.807, 2.05) is 0 Å². The first-order chi connectivity index (χ1) is 14.7. The van der Waals surface area contributed by atoms with Crippen molar-refractivity contribution in [3.8, 4) is 0 Å². The summed E-state index contributed by atoms with van der Waals surface area (Å²) in [5.41, 5.74) is -1.09. The van der Waals surface area contributed by atoms with Crippen molar-refractivity contribution in [1.82, 2.24) is 9.62 Å².